The van der Waals surface area contributed by atoms with Gasteiger partial charge in [-0.1, -0.05) is 30.8 Å². The molecule has 16 heavy (non-hydrogen) atoms. The zero-order valence-corrected chi connectivity index (χ0v) is 8.72. The third-order valence-electron chi connectivity index (χ3n) is 2.74. The Morgan fingerprint density at radius 3 is 2.94 bits per heavy atom. The van der Waals surface area contributed by atoms with Crippen LogP contribution in [0.5, 0.6) is 0 Å². The molecule has 1 aromatic rings. The van der Waals surface area contributed by atoms with E-state index in [1.54, 1.807) is 0 Å². The highest BCUT2D eigenvalue weighted by Gasteiger charge is 2.31. The lowest BCUT2D eigenvalue weighted by Crippen LogP contribution is -2.45. The number of hydrogen-bond acceptors (Lipinski definition) is 3. The number of carboxylic acids is 1. The maximum absolute atomic E-state index is 10.8. The first-order chi connectivity index (χ1) is 7.61. The van der Waals surface area contributed by atoms with Gasteiger partial charge in [0, 0.05) is 0 Å². The zero-order valence-electron chi connectivity index (χ0n) is 8.72. The van der Waals surface area contributed by atoms with E-state index < -0.39 is 18.1 Å². The van der Waals surface area contributed by atoms with Gasteiger partial charge in [-0.25, -0.2) is 0 Å². The molecular weight excluding hydrogens is 206 g/mol. The van der Waals surface area contributed by atoms with E-state index in [9.17, 15) is 4.79 Å². The van der Waals surface area contributed by atoms with Crippen molar-refractivity contribution in [3.05, 3.63) is 42.0 Å². The third-order valence-corrected chi connectivity index (χ3v) is 2.74. The van der Waals surface area contributed by atoms with Crippen LogP contribution in [0.1, 0.15) is 11.1 Å². The van der Waals surface area contributed by atoms with E-state index in [1.807, 2.05) is 24.3 Å². The summed E-state index contributed by atoms with van der Waals surface area (Å²) in [7, 11) is 0. The lowest BCUT2D eigenvalue weighted by atomic mass is 9.91. The minimum atomic E-state index is -1.08. The molecule has 0 radical (unpaired) electrons. The zero-order chi connectivity index (χ0) is 11.7. The highest BCUT2D eigenvalue weighted by molar-refractivity contribution is 5.81. The molecular formula is C12H13NO3. The molecule has 0 aromatic heterocycles. The number of hydrogen-bond donors (Lipinski definition) is 2. The summed E-state index contributed by atoms with van der Waals surface area (Å²) >= 11 is 0. The smallest absolute Gasteiger partial charge is 0.323 e. The molecule has 2 rings (SSSR count). The monoisotopic (exact) mass is 219 g/mol. The molecule has 0 saturated carbocycles. The Morgan fingerprint density at radius 1 is 1.56 bits per heavy atom. The van der Waals surface area contributed by atoms with Crippen molar-refractivity contribution in [3.8, 4) is 0 Å². The average Bonchev–Trinajstić information content (AvgIpc) is 2.29. The summed E-state index contributed by atoms with van der Waals surface area (Å²) in [6.45, 7) is 4.25. The Labute approximate surface area is 93.3 Å². The molecule has 1 aliphatic heterocycles. The van der Waals surface area contributed by atoms with Crippen LogP contribution in [0.4, 0.5) is 0 Å². The van der Waals surface area contributed by atoms with E-state index in [0.717, 1.165) is 11.1 Å². The number of rotatable bonds is 2. The van der Waals surface area contributed by atoms with Gasteiger partial charge in [-0.2, -0.15) is 0 Å². The Kier molecular flexibility index (Phi) is 2.77. The molecule has 1 aliphatic rings. The van der Waals surface area contributed by atoms with Crippen LogP contribution in [-0.2, 0) is 16.1 Å². The topological polar surface area (TPSA) is 72.5 Å². The maximum atomic E-state index is 10.8. The molecule has 4 nitrogen and oxygen atoms in total. The molecule has 1 aromatic carbocycles. The van der Waals surface area contributed by atoms with E-state index in [2.05, 4.69) is 6.58 Å². The molecule has 1 heterocycles. The van der Waals surface area contributed by atoms with Gasteiger partial charge in [0.2, 0.25) is 0 Å². The quantitative estimate of drug-likeness (QED) is 0.778. The molecule has 0 unspecified atom stereocenters. The standard InChI is InChI=1S/C12H13NO3/c1-7-9-5-3-2-4-8(9)6-16-11(7)10(13)12(14)15/h2-5,10-11H,1,6,13H2,(H,14,15)/t10-,11+/m1/s1. The second-order valence-corrected chi connectivity index (χ2v) is 3.78. The Bertz CT molecular complexity index is 442. The van der Waals surface area contributed by atoms with Gasteiger partial charge >= 0.3 is 5.97 Å². The SMILES string of the molecule is C=C1c2ccccc2CO[C@@H]1[C@@H](N)C(=O)O. The number of ether oxygens (including phenoxy) is 1. The molecule has 0 fully saturated rings. The van der Waals surface area contributed by atoms with E-state index in [1.165, 1.54) is 0 Å². The average molecular weight is 219 g/mol. The van der Waals surface area contributed by atoms with Crippen LogP contribution in [0.3, 0.4) is 0 Å². The van der Waals surface area contributed by atoms with Gasteiger partial charge in [0.1, 0.15) is 12.1 Å². The van der Waals surface area contributed by atoms with Crippen LogP contribution in [0, 0.1) is 0 Å². The Hall–Kier alpha value is -1.65. The summed E-state index contributed by atoms with van der Waals surface area (Å²) in [6.07, 6.45) is -0.646. The van der Waals surface area contributed by atoms with Crippen LogP contribution >= 0.6 is 0 Å². The molecule has 4 heteroatoms. The summed E-state index contributed by atoms with van der Waals surface area (Å²) in [5, 5.41) is 8.85. The number of aliphatic carboxylic acids is 1. The third kappa shape index (κ3) is 1.73. The maximum Gasteiger partial charge on any atom is 0.323 e. The normalized spacial score (nSPS) is 21.3. The summed E-state index contributed by atoms with van der Waals surface area (Å²) in [5.74, 6) is -1.08. The van der Waals surface area contributed by atoms with E-state index in [0.29, 0.717) is 12.2 Å². The van der Waals surface area contributed by atoms with Gasteiger partial charge in [0.05, 0.1) is 6.61 Å². The summed E-state index contributed by atoms with van der Waals surface area (Å²) in [4.78, 5) is 10.8. The van der Waals surface area contributed by atoms with E-state index in [-0.39, 0.29) is 0 Å². The number of fused-ring (bicyclic) bond motifs is 1. The molecule has 2 atom stereocenters. The van der Waals surface area contributed by atoms with Crippen molar-refractivity contribution in [2.24, 2.45) is 5.73 Å². The number of benzene rings is 1. The fourth-order valence-corrected chi connectivity index (χ4v) is 1.84. The predicted molar refractivity (Wildman–Crippen MR) is 59.7 cm³/mol. The molecule has 0 saturated heterocycles. The molecule has 0 bridgehead atoms. The van der Waals surface area contributed by atoms with E-state index >= 15 is 0 Å². The first-order valence-electron chi connectivity index (χ1n) is 4.98. The van der Waals surface area contributed by atoms with Gasteiger partial charge in [-0.3, -0.25) is 4.79 Å². The van der Waals surface area contributed by atoms with Gasteiger partial charge in [0.15, 0.2) is 0 Å². The van der Waals surface area contributed by atoms with Gasteiger partial charge in [-0.15, -0.1) is 0 Å². The highest BCUT2D eigenvalue weighted by Crippen LogP contribution is 2.30. The minimum Gasteiger partial charge on any atom is -0.480 e. The fraction of sp³-hybridized carbons (Fsp3) is 0.250. The molecule has 0 amide bonds. The Morgan fingerprint density at radius 2 is 2.25 bits per heavy atom. The first kappa shape index (κ1) is 10.9. The van der Waals surface area contributed by atoms with Gasteiger partial charge in [-0.05, 0) is 16.7 Å². The van der Waals surface area contributed by atoms with Gasteiger partial charge < -0.3 is 15.6 Å². The van der Waals surface area contributed by atoms with Crippen molar-refractivity contribution in [2.75, 3.05) is 0 Å². The number of carboxylic acid groups (broad SMARTS) is 1. The summed E-state index contributed by atoms with van der Waals surface area (Å²) in [5.41, 5.74) is 8.14. The highest BCUT2D eigenvalue weighted by atomic mass is 16.5. The van der Waals surface area contributed by atoms with E-state index in [4.69, 9.17) is 15.6 Å². The number of nitrogens with two attached hydrogens (primary N) is 1. The van der Waals surface area contributed by atoms with Crippen molar-refractivity contribution >= 4 is 11.5 Å². The Balaban J connectivity index is 2.31. The van der Waals surface area contributed by atoms with Crippen LogP contribution in [0.15, 0.2) is 30.8 Å². The first-order valence-corrected chi connectivity index (χ1v) is 4.98. The summed E-state index contributed by atoms with van der Waals surface area (Å²) in [6, 6.07) is 6.57. The predicted octanol–water partition coefficient (Wildman–Crippen LogP) is 1.01. The largest absolute Gasteiger partial charge is 0.480 e. The number of carbonyl (C=O) groups is 1. The fourth-order valence-electron chi connectivity index (χ4n) is 1.84. The molecule has 0 spiro atoms. The second-order valence-electron chi connectivity index (χ2n) is 3.78. The van der Waals surface area contributed by atoms with Crippen molar-refractivity contribution in [2.45, 2.75) is 18.8 Å². The van der Waals surface area contributed by atoms with Crippen molar-refractivity contribution in [1.29, 1.82) is 0 Å². The van der Waals surface area contributed by atoms with Crippen LogP contribution in [0.2, 0.25) is 0 Å². The molecule has 3 N–H and O–H groups in total. The lowest BCUT2D eigenvalue weighted by molar-refractivity contribution is -0.141. The second kappa shape index (κ2) is 4.08. The van der Waals surface area contributed by atoms with Gasteiger partial charge in [0.25, 0.3) is 0 Å². The van der Waals surface area contributed by atoms with Crippen LogP contribution < -0.4 is 5.73 Å². The summed E-state index contributed by atoms with van der Waals surface area (Å²) < 4.78 is 5.43. The minimum absolute atomic E-state index is 0.376. The lowest BCUT2D eigenvalue weighted by Gasteiger charge is -2.29. The van der Waals surface area contributed by atoms with Crippen LogP contribution in [0.25, 0.3) is 5.57 Å². The van der Waals surface area contributed by atoms with Crippen molar-refractivity contribution < 1.29 is 14.6 Å². The molecule has 84 valence electrons. The molecule has 0 aliphatic carbocycles. The van der Waals surface area contributed by atoms with Crippen LogP contribution in [-0.4, -0.2) is 23.2 Å². The van der Waals surface area contributed by atoms with Crippen molar-refractivity contribution in [3.63, 3.8) is 0 Å². The van der Waals surface area contributed by atoms with Crippen molar-refractivity contribution in [1.82, 2.24) is 0 Å².